The molecule has 0 radical (unpaired) electrons. The number of para-hydroxylation sites is 1. The van der Waals surface area contributed by atoms with Crippen molar-refractivity contribution < 1.29 is 14.3 Å². The summed E-state index contributed by atoms with van der Waals surface area (Å²) in [4.78, 5) is 25.2. The zero-order valence-electron chi connectivity index (χ0n) is 21.2. The number of aliphatic carboxylic acids is 1. The number of carbonyl (C=O) groups is 1. The van der Waals surface area contributed by atoms with Crippen LogP contribution in [0.2, 0.25) is 5.02 Å². The Kier molecular flexibility index (Phi) is 6.08. The van der Waals surface area contributed by atoms with Crippen LogP contribution in [0.15, 0.2) is 65.4 Å². The maximum absolute atomic E-state index is 11.7. The van der Waals surface area contributed by atoms with Gasteiger partial charge in [-0.25, -0.2) is 4.98 Å². The number of furan rings is 1. The van der Waals surface area contributed by atoms with Crippen LogP contribution in [0, 0.1) is 0 Å². The lowest BCUT2D eigenvalue weighted by Crippen LogP contribution is -2.31. The molecule has 194 valence electrons. The third-order valence-electron chi connectivity index (χ3n) is 7.44. The minimum atomic E-state index is -0.842. The van der Waals surface area contributed by atoms with Crippen molar-refractivity contribution in [3.05, 3.63) is 82.7 Å². The fraction of sp³-hybridized carbons (Fsp3) is 0.276. The van der Waals surface area contributed by atoms with Gasteiger partial charge in [0.25, 0.3) is 0 Å². The van der Waals surface area contributed by atoms with E-state index in [2.05, 4.69) is 34.4 Å². The highest BCUT2D eigenvalue weighted by atomic mass is 35.5. The Balaban J connectivity index is 1.37. The number of nitrogens with zero attached hydrogens (tertiary/aromatic N) is 4. The number of hydrogen-bond donors (Lipinski definition) is 2. The standard InChI is InChI=1S/C29H28ClN5O3/c1-29(14-26(36)37)17-35(24-7-4-3-6-22(24)29)27-23(30)15-31-28(33-27)32-19-12-18-16-34(2)10-9-20(18)21(13-19)25-8-5-11-38-25/h3-8,11-13,15H,9-10,14,16-17H2,1-2H3,(H,36,37)(H,31,32,33). The number of anilines is 4. The Morgan fingerprint density at radius 3 is 2.87 bits per heavy atom. The summed E-state index contributed by atoms with van der Waals surface area (Å²) in [6.07, 6.45) is 4.24. The lowest BCUT2D eigenvalue weighted by Gasteiger charge is -2.27. The van der Waals surface area contributed by atoms with E-state index in [1.54, 1.807) is 12.5 Å². The predicted molar refractivity (Wildman–Crippen MR) is 148 cm³/mol. The fourth-order valence-electron chi connectivity index (χ4n) is 5.71. The van der Waals surface area contributed by atoms with E-state index in [1.807, 2.05) is 48.2 Å². The van der Waals surface area contributed by atoms with E-state index >= 15 is 0 Å². The monoisotopic (exact) mass is 529 g/mol. The van der Waals surface area contributed by atoms with Crippen molar-refractivity contribution in [2.45, 2.75) is 31.7 Å². The van der Waals surface area contributed by atoms with Crippen LogP contribution in [0.25, 0.3) is 11.3 Å². The van der Waals surface area contributed by atoms with Gasteiger partial charge in [-0.15, -0.1) is 0 Å². The molecule has 4 aromatic rings. The Labute approximate surface area is 225 Å². The number of benzene rings is 2. The van der Waals surface area contributed by atoms with Gasteiger partial charge < -0.3 is 24.6 Å². The number of fused-ring (bicyclic) bond motifs is 2. The Bertz CT molecular complexity index is 1520. The molecule has 0 fully saturated rings. The van der Waals surface area contributed by atoms with E-state index < -0.39 is 11.4 Å². The molecule has 2 N–H and O–H groups in total. The number of carboxylic acids is 1. The summed E-state index contributed by atoms with van der Waals surface area (Å²) in [5.74, 6) is 0.933. The summed E-state index contributed by atoms with van der Waals surface area (Å²) in [5.41, 5.74) is 5.75. The Hall–Kier alpha value is -3.88. The topological polar surface area (TPSA) is 94.7 Å². The minimum absolute atomic E-state index is 0.00739. The second-order valence-corrected chi connectivity index (χ2v) is 10.8. The molecule has 1 unspecified atom stereocenters. The summed E-state index contributed by atoms with van der Waals surface area (Å²) in [5, 5.41) is 13.4. The third-order valence-corrected chi connectivity index (χ3v) is 7.71. The van der Waals surface area contributed by atoms with Gasteiger partial charge in [0.05, 0.1) is 18.9 Å². The number of aromatic nitrogens is 2. The highest BCUT2D eigenvalue weighted by Crippen LogP contribution is 2.47. The molecule has 2 aromatic carbocycles. The van der Waals surface area contributed by atoms with Crippen molar-refractivity contribution in [3.63, 3.8) is 0 Å². The molecule has 8 nitrogen and oxygen atoms in total. The van der Waals surface area contributed by atoms with Crippen molar-refractivity contribution in [1.29, 1.82) is 0 Å². The van der Waals surface area contributed by atoms with Crippen LogP contribution in [-0.2, 0) is 23.2 Å². The van der Waals surface area contributed by atoms with Gasteiger partial charge in [0.15, 0.2) is 5.82 Å². The van der Waals surface area contributed by atoms with Crippen LogP contribution in [-0.4, -0.2) is 46.1 Å². The molecule has 2 aliphatic heterocycles. The second-order valence-electron chi connectivity index (χ2n) is 10.4. The van der Waals surface area contributed by atoms with E-state index in [9.17, 15) is 9.90 Å². The highest BCUT2D eigenvalue weighted by molar-refractivity contribution is 6.33. The summed E-state index contributed by atoms with van der Waals surface area (Å²) < 4.78 is 5.76. The lowest BCUT2D eigenvalue weighted by molar-refractivity contribution is -0.138. The molecule has 2 aliphatic rings. The predicted octanol–water partition coefficient (Wildman–Crippen LogP) is 6.01. The molecule has 0 aliphatic carbocycles. The molecular formula is C29H28ClN5O3. The van der Waals surface area contributed by atoms with Crippen LogP contribution < -0.4 is 10.2 Å². The third kappa shape index (κ3) is 4.40. The number of nitrogens with one attached hydrogen (secondary N) is 1. The molecule has 6 rings (SSSR count). The smallest absolute Gasteiger partial charge is 0.304 e. The number of rotatable bonds is 6. The fourth-order valence-corrected chi connectivity index (χ4v) is 5.91. The molecule has 9 heteroatoms. The van der Waals surface area contributed by atoms with Crippen molar-refractivity contribution in [2.24, 2.45) is 0 Å². The van der Waals surface area contributed by atoms with Gasteiger partial charge in [-0.05, 0) is 60.5 Å². The van der Waals surface area contributed by atoms with Crippen LogP contribution in [0.3, 0.4) is 0 Å². The SMILES string of the molecule is CN1CCc2c(cc(Nc3ncc(Cl)c(N4CC(C)(CC(=O)O)c5ccccc54)n3)cc2-c2ccco2)C1. The van der Waals surface area contributed by atoms with Crippen LogP contribution in [0.4, 0.5) is 23.1 Å². The van der Waals surface area contributed by atoms with Crippen molar-refractivity contribution in [3.8, 4) is 11.3 Å². The van der Waals surface area contributed by atoms with Gasteiger partial charge in [0.2, 0.25) is 5.95 Å². The van der Waals surface area contributed by atoms with E-state index in [0.29, 0.717) is 23.3 Å². The Morgan fingerprint density at radius 2 is 2.08 bits per heavy atom. The van der Waals surface area contributed by atoms with Crippen LogP contribution in [0.1, 0.15) is 30.0 Å². The largest absolute Gasteiger partial charge is 0.481 e. The van der Waals surface area contributed by atoms with E-state index in [-0.39, 0.29) is 6.42 Å². The van der Waals surface area contributed by atoms with E-state index in [4.69, 9.17) is 21.0 Å². The number of halogens is 1. The van der Waals surface area contributed by atoms with Crippen molar-refractivity contribution >= 4 is 40.7 Å². The molecule has 0 saturated carbocycles. The van der Waals surface area contributed by atoms with E-state index in [1.165, 1.54) is 11.1 Å². The summed E-state index contributed by atoms with van der Waals surface area (Å²) in [7, 11) is 2.12. The van der Waals surface area contributed by atoms with Gasteiger partial charge in [-0.2, -0.15) is 4.98 Å². The first-order chi connectivity index (χ1) is 18.3. The number of hydrogen-bond acceptors (Lipinski definition) is 7. The molecule has 4 heterocycles. The molecular weight excluding hydrogens is 502 g/mol. The molecule has 2 aromatic heterocycles. The van der Waals surface area contributed by atoms with Gasteiger partial charge in [-0.3, -0.25) is 4.79 Å². The zero-order valence-corrected chi connectivity index (χ0v) is 22.0. The van der Waals surface area contributed by atoms with Gasteiger partial charge in [0.1, 0.15) is 10.8 Å². The zero-order chi connectivity index (χ0) is 26.4. The summed E-state index contributed by atoms with van der Waals surface area (Å²) in [6, 6.07) is 15.9. The molecule has 0 saturated heterocycles. The second kappa shape index (κ2) is 9.45. The lowest BCUT2D eigenvalue weighted by atomic mass is 9.81. The molecule has 0 spiro atoms. The average molecular weight is 530 g/mol. The Morgan fingerprint density at radius 1 is 1.24 bits per heavy atom. The molecule has 1 atom stereocenters. The van der Waals surface area contributed by atoms with Crippen LogP contribution >= 0.6 is 11.6 Å². The first kappa shape index (κ1) is 24.5. The molecule has 0 bridgehead atoms. The maximum atomic E-state index is 11.7. The van der Waals surface area contributed by atoms with Crippen LogP contribution in [0.5, 0.6) is 0 Å². The van der Waals surface area contributed by atoms with Gasteiger partial charge in [-0.1, -0.05) is 36.7 Å². The summed E-state index contributed by atoms with van der Waals surface area (Å²) in [6.45, 7) is 4.25. The molecule has 38 heavy (non-hydrogen) atoms. The highest BCUT2D eigenvalue weighted by Gasteiger charge is 2.42. The molecule has 0 amide bonds. The van der Waals surface area contributed by atoms with Gasteiger partial charge >= 0.3 is 5.97 Å². The maximum Gasteiger partial charge on any atom is 0.304 e. The minimum Gasteiger partial charge on any atom is -0.481 e. The van der Waals surface area contributed by atoms with Crippen molar-refractivity contribution in [1.82, 2.24) is 14.9 Å². The first-order valence-electron chi connectivity index (χ1n) is 12.6. The number of carboxylic acid groups (broad SMARTS) is 1. The average Bonchev–Trinajstić information content (AvgIpc) is 3.51. The van der Waals surface area contributed by atoms with Gasteiger partial charge in [0, 0.05) is 42.0 Å². The summed E-state index contributed by atoms with van der Waals surface area (Å²) >= 11 is 6.62. The van der Waals surface area contributed by atoms with Crippen molar-refractivity contribution in [2.75, 3.05) is 30.4 Å². The normalized spacial score (nSPS) is 18.8. The number of likely N-dealkylation sites (N-methyl/N-ethyl adjacent to an activating group) is 1. The van der Waals surface area contributed by atoms with E-state index in [0.717, 1.165) is 47.8 Å². The first-order valence-corrected chi connectivity index (χ1v) is 13.0. The quantitative estimate of drug-likeness (QED) is 0.314.